The molecule has 1 aromatic rings. The van der Waals surface area contributed by atoms with Gasteiger partial charge in [0.15, 0.2) is 0 Å². The SMILES string of the molecule is Cc1ccc(Br)cc1NCCC1CCCN1. The Hall–Kier alpha value is -0.540. The summed E-state index contributed by atoms with van der Waals surface area (Å²) in [6, 6.07) is 7.09. The van der Waals surface area contributed by atoms with Crippen molar-refractivity contribution < 1.29 is 0 Å². The molecule has 1 saturated heterocycles. The van der Waals surface area contributed by atoms with Gasteiger partial charge in [-0.3, -0.25) is 0 Å². The summed E-state index contributed by atoms with van der Waals surface area (Å²) in [7, 11) is 0. The Morgan fingerprint density at radius 2 is 2.38 bits per heavy atom. The zero-order chi connectivity index (χ0) is 11.4. The molecule has 0 bridgehead atoms. The molecule has 0 spiro atoms. The van der Waals surface area contributed by atoms with E-state index in [4.69, 9.17) is 0 Å². The molecule has 0 radical (unpaired) electrons. The highest BCUT2D eigenvalue weighted by molar-refractivity contribution is 9.10. The van der Waals surface area contributed by atoms with Crippen LogP contribution in [0.3, 0.4) is 0 Å². The van der Waals surface area contributed by atoms with E-state index >= 15 is 0 Å². The third-order valence-corrected chi connectivity index (χ3v) is 3.66. The highest BCUT2D eigenvalue weighted by Gasteiger charge is 2.12. The van der Waals surface area contributed by atoms with Gasteiger partial charge in [0.05, 0.1) is 0 Å². The lowest BCUT2D eigenvalue weighted by Gasteiger charge is -2.13. The van der Waals surface area contributed by atoms with Crippen molar-refractivity contribution in [2.45, 2.75) is 32.2 Å². The van der Waals surface area contributed by atoms with E-state index in [-0.39, 0.29) is 0 Å². The number of nitrogens with one attached hydrogen (secondary N) is 2. The molecule has 2 nitrogen and oxygen atoms in total. The Labute approximate surface area is 106 Å². The van der Waals surface area contributed by atoms with Gasteiger partial charge in [0.2, 0.25) is 0 Å². The van der Waals surface area contributed by atoms with Crippen LogP contribution >= 0.6 is 15.9 Å². The number of aryl methyl sites for hydroxylation is 1. The predicted octanol–water partition coefficient (Wildman–Crippen LogP) is 3.31. The van der Waals surface area contributed by atoms with Crippen LogP contribution in [-0.4, -0.2) is 19.1 Å². The third-order valence-electron chi connectivity index (χ3n) is 3.17. The molecule has 1 aromatic carbocycles. The second-order valence-corrected chi connectivity index (χ2v) is 5.38. The minimum atomic E-state index is 0.722. The van der Waals surface area contributed by atoms with Gasteiger partial charge in [-0.25, -0.2) is 0 Å². The van der Waals surface area contributed by atoms with Crippen molar-refractivity contribution in [3.8, 4) is 0 Å². The second-order valence-electron chi connectivity index (χ2n) is 4.47. The molecule has 2 N–H and O–H groups in total. The van der Waals surface area contributed by atoms with E-state index in [1.165, 1.54) is 37.1 Å². The summed E-state index contributed by atoms with van der Waals surface area (Å²) in [6.45, 7) is 4.39. The number of hydrogen-bond donors (Lipinski definition) is 2. The van der Waals surface area contributed by atoms with Crippen LogP contribution in [0.4, 0.5) is 5.69 Å². The van der Waals surface area contributed by atoms with E-state index < -0.39 is 0 Å². The first-order valence-corrected chi connectivity index (χ1v) is 6.78. The maximum Gasteiger partial charge on any atom is 0.0381 e. The van der Waals surface area contributed by atoms with Gasteiger partial charge in [0, 0.05) is 22.7 Å². The van der Waals surface area contributed by atoms with Crippen LogP contribution in [0.25, 0.3) is 0 Å². The molecule has 0 amide bonds. The Bertz CT molecular complexity index is 346. The van der Waals surface area contributed by atoms with E-state index in [1.54, 1.807) is 0 Å². The molecule has 16 heavy (non-hydrogen) atoms. The van der Waals surface area contributed by atoms with Crippen molar-refractivity contribution in [2.24, 2.45) is 0 Å². The molecular formula is C13H19BrN2. The lowest BCUT2D eigenvalue weighted by Crippen LogP contribution is -2.24. The first-order chi connectivity index (χ1) is 7.75. The van der Waals surface area contributed by atoms with Crippen molar-refractivity contribution in [2.75, 3.05) is 18.4 Å². The van der Waals surface area contributed by atoms with Gasteiger partial charge < -0.3 is 10.6 Å². The van der Waals surface area contributed by atoms with Crippen molar-refractivity contribution in [1.82, 2.24) is 5.32 Å². The van der Waals surface area contributed by atoms with Crippen LogP contribution in [0.15, 0.2) is 22.7 Å². The predicted molar refractivity (Wildman–Crippen MR) is 73.0 cm³/mol. The quantitative estimate of drug-likeness (QED) is 0.886. The van der Waals surface area contributed by atoms with E-state index in [2.05, 4.69) is 51.7 Å². The minimum absolute atomic E-state index is 0.722. The summed E-state index contributed by atoms with van der Waals surface area (Å²) in [5.41, 5.74) is 2.55. The number of benzene rings is 1. The summed E-state index contributed by atoms with van der Waals surface area (Å²) in [4.78, 5) is 0. The Morgan fingerprint density at radius 3 is 3.12 bits per heavy atom. The monoisotopic (exact) mass is 282 g/mol. The van der Waals surface area contributed by atoms with Crippen LogP contribution in [0.1, 0.15) is 24.8 Å². The van der Waals surface area contributed by atoms with Crippen LogP contribution in [0.5, 0.6) is 0 Å². The van der Waals surface area contributed by atoms with E-state index in [0.717, 1.165) is 17.1 Å². The largest absolute Gasteiger partial charge is 0.385 e. The lowest BCUT2D eigenvalue weighted by molar-refractivity contribution is 0.574. The van der Waals surface area contributed by atoms with Crippen LogP contribution in [-0.2, 0) is 0 Å². The van der Waals surface area contributed by atoms with E-state index in [1.807, 2.05) is 0 Å². The summed E-state index contributed by atoms with van der Waals surface area (Å²) >= 11 is 3.50. The Balaban J connectivity index is 1.82. The molecule has 1 aliphatic heterocycles. The number of anilines is 1. The fourth-order valence-corrected chi connectivity index (χ4v) is 2.53. The average molecular weight is 283 g/mol. The molecule has 1 heterocycles. The number of hydrogen-bond acceptors (Lipinski definition) is 2. The minimum Gasteiger partial charge on any atom is -0.385 e. The molecule has 1 unspecified atom stereocenters. The maximum atomic E-state index is 3.52. The summed E-state index contributed by atoms with van der Waals surface area (Å²) in [5, 5.41) is 7.03. The van der Waals surface area contributed by atoms with Gasteiger partial charge in [-0.2, -0.15) is 0 Å². The molecule has 1 fully saturated rings. The zero-order valence-electron chi connectivity index (χ0n) is 9.72. The summed E-state index contributed by atoms with van der Waals surface area (Å²) < 4.78 is 1.14. The van der Waals surface area contributed by atoms with Crippen molar-refractivity contribution in [1.29, 1.82) is 0 Å². The van der Waals surface area contributed by atoms with Gasteiger partial charge in [-0.15, -0.1) is 0 Å². The molecule has 2 rings (SSSR count). The Kier molecular flexibility index (Phi) is 4.24. The highest BCUT2D eigenvalue weighted by Crippen LogP contribution is 2.20. The van der Waals surface area contributed by atoms with Crippen LogP contribution in [0.2, 0.25) is 0 Å². The first kappa shape index (κ1) is 11.9. The standard InChI is InChI=1S/C13H19BrN2/c1-10-4-5-11(14)9-13(10)16-8-6-12-3-2-7-15-12/h4-5,9,12,15-16H,2-3,6-8H2,1H3. The van der Waals surface area contributed by atoms with E-state index in [0.29, 0.717) is 0 Å². The van der Waals surface area contributed by atoms with Gasteiger partial charge in [-0.05, 0) is 50.4 Å². The van der Waals surface area contributed by atoms with Crippen LogP contribution in [0, 0.1) is 6.92 Å². The average Bonchev–Trinajstić information content (AvgIpc) is 2.76. The van der Waals surface area contributed by atoms with E-state index in [9.17, 15) is 0 Å². The number of rotatable bonds is 4. The fourth-order valence-electron chi connectivity index (χ4n) is 2.17. The zero-order valence-corrected chi connectivity index (χ0v) is 11.3. The molecule has 1 aliphatic rings. The smallest absolute Gasteiger partial charge is 0.0381 e. The van der Waals surface area contributed by atoms with Crippen LogP contribution < -0.4 is 10.6 Å². The normalized spacial score (nSPS) is 20.0. The summed E-state index contributed by atoms with van der Waals surface area (Å²) in [6.07, 6.45) is 3.88. The van der Waals surface area contributed by atoms with Crippen molar-refractivity contribution in [3.63, 3.8) is 0 Å². The molecule has 0 aromatic heterocycles. The Morgan fingerprint density at radius 1 is 1.50 bits per heavy atom. The highest BCUT2D eigenvalue weighted by atomic mass is 79.9. The fraction of sp³-hybridized carbons (Fsp3) is 0.538. The van der Waals surface area contributed by atoms with Crippen molar-refractivity contribution >= 4 is 21.6 Å². The topological polar surface area (TPSA) is 24.1 Å². The summed E-state index contributed by atoms with van der Waals surface area (Å²) in [5.74, 6) is 0. The van der Waals surface area contributed by atoms with Gasteiger partial charge in [-0.1, -0.05) is 22.0 Å². The lowest BCUT2D eigenvalue weighted by atomic mass is 10.1. The second kappa shape index (κ2) is 5.69. The van der Waals surface area contributed by atoms with Gasteiger partial charge >= 0.3 is 0 Å². The van der Waals surface area contributed by atoms with Gasteiger partial charge in [0.1, 0.15) is 0 Å². The molecule has 1 atom stereocenters. The molecule has 0 saturated carbocycles. The van der Waals surface area contributed by atoms with Gasteiger partial charge in [0.25, 0.3) is 0 Å². The molecule has 0 aliphatic carbocycles. The van der Waals surface area contributed by atoms with Crippen molar-refractivity contribution in [3.05, 3.63) is 28.2 Å². The molecule has 3 heteroatoms. The molecular weight excluding hydrogens is 264 g/mol. The first-order valence-electron chi connectivity index (χ1n) is 5.99. The number of halogens is 1. The molecule has 88 valence electrons. The maximum absolute atomic E-state index is 3.52. The third kappa shape index (κ3) is 3.22.